The highest BCUT2D eigenvalue weighted by Gasteiger charge is 2.33. The molecular formula is C16H25ClN2. The van der Waals surface area contributed by atoms with Crippen LogP contribution < -0.4 is 10.2 Å². The third kappa shape index (κ3) is 3.87. The molecule has 0 bridgehead atoms. The van der Waals surface area contributed by atoms with Crippen LogP contribution in [0.5, 0.6) is 0 Å². The summed E-state index contributed by atoms with van der Waals surface area (Å²) in [5.41, 5.74) is 2.48. The first-order valence-electron chi connectivity index (χ1n) is 7.21. The molecule has 1 aliphatic carbocycles. The SMILES string of the molecule is CC(C)NCc1c(Cl)cccc1N(C)CC1CC1C. The van der Waals surface area contributed by atoms with Crippen molar-refractivity contribution >= 4 is 17.3 Å². The van der Waals surface area contributed by atoms with Gasteiger partial charge in [0.25, 0.3) is 0 Å². The lowest BCUT2D eigenvalue weighted by Gasteiger charge is -2.24. The van der Waals surface area contributed by atoms with E-state index in [-0.39, 0.29) is 0 Å². The number of hydrogen-bond acceptors (Lipinski definition) is 2. The molecule has 0 amide bonds. The minimum Gasteiger partial charge on any atom is -0.374 e. The Kier molecular flexibility index (Phi) is 4.75. The predicted molar refractivity (Wildman–Crippen MR) is 84.0 cm³/mol. The molecule has 1 N–H and O–H groups in total. The second kappa shape index (κ2) is 6.15. The Bertz CT molecular complexity index is 431. The van der Waals surface area contributed by atoms with E-state index in [2.05, 4.69) is 44.1 Å². The molecule has 2 atom stereocenters. The van der Waals surface area contributed by atoms with Gasteiger partial charge in [0.05, 0.1) is 0 Å². The highest BCUT2D eigenvalue weighted by molar-refractivity contribution is 6.31. The van der Waals surface area contributed by atoms with Crippen LogP contribution in [0.25, 0.3) is 0 Å². The Labute approximate surface area is 122 Å². The number of nitrogens with zero attached hydrogens (tertiary/aromatic N) is 1. The Balaban J connectivity index is 2.11. The lowest BCUT2D eigenvalue weighted by atomic mass is 10.1. The first kappa shape index (κ1) is 14.7. The lowest BCUT2D eigenvalue weighted by Crippen LogP contribution is -2.26. The van der Waals surface area contributed by atoms with Crippen LogP contribution in [0.15, 0.2) is 18.2 Å². The molecule has 1 fully saturated rings. The van der Waals surface area contributed by atoms with E-state index in [4.69, 9.17) is 11.6 Å². The van der Waals surface area contributed by atoms with Crippen molar-refractivity contribution in [3.63, 3.8) is 0 Å². The Morgan fingerprint density at radius 2 is 2.11 bits per heavy atom. The van der Waals surface area contributed by atoms with Gasteiger partial charge in [0.15, 0.2) is 0 Å². The van der Waals surface area contributed by atoms with Crippen LogP contribution in [0, 0.1) is 11.8 Å². The summed E-state index contributed by atoms with van der Waals surface area (Å²) in [6.07, 6.45) is 1.37. The van der Waals surface area contributed by atoms with Crippen LogP contribution in [-0.2, 0) is 6.54 Å². The Hall–Kier alpha value is -0.730. The molecule has 0 aliphatic heterocycles. The van der Waals surface area contributed by atoms with E-state index in [1.807, 2.05) is 12.1 Å². The molecule has 2 nitrogen and oxygen atoms in total. The zero-order valence-corrected chi connectivity index (χ0v) is 13.2. The molecule has 1 aromatic rings. The number of hydrogen-bond donors (Lipinski definition) is 1. The average Bonchev–Trinajstić information content (AvgIpc) is 3.02. The van der Waals surface area contributed by atoms with Crippen LogP contribution in [0.1, 0.15) is 32.8 Å². The van der Waals surface area contributed by atoms with E-state index >= 15 is 0 Å². The summed E-state index contributed by atoms with van der Waals surface area (Å²) in [6, 6.07) is 6.67. The van der Waals surface area contributed by atoms with Gasteiger partial charge in [-0.05, 0) is 30.4 Å². The van der Waals surface area contributed by atoms with Crippen molar-refractivity contribution in [1.29, 1.82) is 0 Å². The van der Waals surface area contributed by atoms with Gasteiger partial charge in [-0.15, -0.1) is 0 Å². The van der Waals surface area contributed by atoms with E-state index < -0.39 is 0 Å². The second-order valence-electron chi connectivity index (χ2n) is 6.13. The molecule has 106 valence electrons. The molecule has 1 saturated carbocycles. The molecule has 0 heterocycles. The van der Waals surface area contributed by atoms with Gasteiger partial charge >= 0.3 is 0 Å². The van der Waals surface area contributed by atoms with Crippen molar-refractivity contribution in [2.45, 2.75) is 39.8 Å². The van der Waals surface area contributed by atoms with Crippen LogP contribution >= 0.6 is 11.6 Å². The molecule has 0 saturated heterocycles. The van der Waals surface area contributed by atoms with Gasteiger partial charge in [0.2, 0.25) is 0 Å². The van der Waals surface area contributed by atoms with Crippen LogP contribution in [0.2, 0.25) is 5.02 Å². The first-order valence-corrected chi connectivity index (χ1v) is 7.58. The smallest absolute Gasteiger partial charge is 0.0471 e. The molecule has 1 aliphatic rings. The molecular weight excluding hydrogens is 256 g/mol. The molecule has 0 radical (unpaired) electrons. The summed E-state index contributed by atoms with van der Waals surface area (Å²) >= 11 is 6.37. The lowest BCUT2D eigenvalue weighted by molar-refractivity contribution is 0.588. The average molecular weight is 281 g/mol. The van der Waals surface area contributed by atoms with Crippen molar-refractivity contribution in [3.8, 4) is 0 Å². The number of anilines is 1. The maximum atomic E-state index is 6.37. The zero-order valence-electron chi connectivity index (χ0n) is 12.4. The fraction of sp³-hybridized carbons (Fsp3) is 0.625. The monoisotopic (exact) mass is 280 g/mol. The van der Waals surface area contributed by atoms with Gasteiger partial charge in [-0.2, -0.15) is 0 Å². The van der Waals surface area contributed by atoms with Crippen LogP contribution in [-0.4, -0.2) is 19.6 Å². The summed E-state index contributed by atoms with van der Waals surface area (Å²) in [4.78, 5) is 2.36. The standard InChI is InChI=1S/C16H25ClN2/c1-11(2)18-9-14-15(17)6-5-7-16(14)19(4)10-13-8-12(13)3/h5-7,11-13,18H,8-10H2,1-4H3. The van der Waals surface area contributed by atoms with Crippen molar-refractivity contribution in [2.75, 3.05) is 18.5 Å². The summed E-state index contributed by atoms with van der Waals surface area (Å²) in [5.74, 6) is 1.74. The number of rotatable bonds is 6. The molecule has 2 unspecified atom stereocenters. The number of benzene rings is 1. The predicted octanol–water partition coefficient (Wildman–Crippen LogP) is 3.93. The van der Waals surface area contributed by atoms with Crippen molar-refractivity contribution in [2.24, 2.45) is 11.8 Å². The highest BCUT2D eigenvalue weighted by atomic mass is 35.5. The molecule has 3 heteroatoms. The maximum Gasteiger partial charge on any atom is 0.0471 e. The van der Waals surface area contributed by atoms with E-state index in [1.54, 1.807) is 0 Å². The summed E-state index contributed by atoms with van der Waals surface area (Å²) < 4.78 is 0. The summed E-state index contributed by atoms with van der Waals surface area (Å²) in [5, 5.41) is 4.33. The van der Waals surface area contributed by atoms with Crippen molar-refractivity contribution in [1.82, 2.24) is 5.32 Å². The molecule has 0 spiro atoms. The Morgan fingerprint density at radius 1 is 1.42 bits per heavy atom. The maximum absolute atomic E-state index is 6.37. The third-order valence-electron chi connectivity index (χ3n) is 3.98. The fourth-order valence-electron chi connectivity index (χ4n) is 2.49. The highest BCUT2D eigenvalue weighted by Crippen LogP contribution is 2.39. The van der Waals surface area contributed by atoms with Gasteiger partial charge in [0, 0.05) is 42.5 Å². The van der Waals surface area contributed by atoms with Gasteiger partial charge in [-0.3, -0.25) is 0 Å². The molecule has 0 aromatic heterocycles. The topological polar surface area (TPSA) is 15.3 Å². The summed E-state index contributed by atoms with van der Waals surface area (Å²) in [7, 11) is 2.18. The van der Waals surface area contributed by atoms with Gasteiger partial charge < -0.3 is 10.2 Å². The largest absolute Gasteiger partial charge is 0.374 e. The van der Waals surface area contributed by atoms with Crippen LogP contribution in [0.3, 0.4) is 0 Å². The van der Waals surface area contributed by atoms with E-state index in [9.17, 15) is 0 Å². The van der Waals surface area contributed by atoms with E-state index in [0.717, 1.165) is 29.9 Å². The van der Waals surface area contributed by atoms with Gasteiger partial charge in [-0.25, -0.2) is 0 Å². The van der Waals surface area contributed by atoms with E-state index in [1.165, 1.54) is 17.7 Å². The minimum atomic E-state index is 0.470. The van der Waals surface area contributed by atoms with Crippen molar-refractivity contribution in [3.05, 3.63) is 28.8 Å². The quantitative estimate of drug-likeness (QED) is 0.849. The first-order chi connectivity index (χ1) is 8.99. The third-order valence-corrected chi connectivity index (χ3v) is 4.33. The number of nitrogens with one attached hydrogen (secondary N) is 1. The number of halogens is 1. The Morgan fingerprint density at radius 3 is 2.68 bits per heavy atom. The van der Waals surface area contributed by atoms with Gasteiger partial charge in [-0.1, -0.05) is 38.4 Å². The minimum absolute atomic E-state index is 0.470. The van der Waals surface area contributed by atoms with Crippen LogP contribution in [0.4, 0.5) is 5.69 Å². The normalized spacial score (nSPS) is 21.8. The van der Waals surface area contributed by atoms with Crippen molar-refractivity contribution < 1.29 is 0 Å². The van der Waals surface area contributed by atoms with Gasteiger partial charge in [0.1, 0.15) is 0 Å². The molecule has 1 aromatic carbocycles. The summed E-state index contributed by atoms with van der Waals surface area (Å²) in [6.45, 7) is 8.61. The molecule has 19 heavy (non-hydrogen) atoms. The zero-order chi connectivity index (χ0) is 14.0. The fourth-order valence-corrected chi connectivity index (χ4v) is 2.73. The van der Waals surface area contributed by atoms with E-state index in [0.29, 0.717) is 6.04 Å². The second-order valence-corrected chi connectivity index (χ2v) is 6.53. The molecule has 2 rings (SSSR count).